The summed E-state index contributed by atoms with van der Waals surface area (Å²) in [5, 5.41) is 0. The Labute approximate surface area is 207 Å². The zero-order chi connectivity index (χ0) is 25.3. The predicted molar refractivity (Wildman–Crippen MR) is 137 cm³/mol. The molecule has 2 heterocycles. The largest absolute Gasteiger partial charge is 0.454 e. The average Bonchev–Trinajstić information content (AvgIpc) is 3.28. The van der Waals surface area contributed by atoms with Gasteiger partial charge in [-0.25, -0.2) is 9.48 Å². The predicted octanol–water partition coefficient (Wildman–Crippen LogP) is 4.65. The van der Waals surface area contributed by atoms with E-state index in [9.17, 15) is 14.4 Å². The van der Waals surface area contributed by atoms with Crippen LogP contribution in [0.15, 0.2) is 70.4 Å². The van der Waals surface area contributed by atoms with Crippen LogP contribution >= 0.6 is 11.8 Å². The number of aryl methyl sites for hydroxylation is 1. The highest BCUT2D eigenvalue weighted by Crippen LogP contribution is 2.24. The number of Topliss-reactive ketones (excluding diaryl/α,β-unsaturated/α-hetero) is 1. The van der Waals surface area contributed by atoms with E-state index in [2.05, 4.69) is 0 Å². The van der Waals surface area contributed by atoms with Gasteiger partial charge in [0.1, 0.15) is 5.69 Å². The van der Waals surface area contributed by atoms with Gasteiger partial charge in [-0.3, -0.25) is 14.3 Å². The first-order chi connectivity index (χ1) is 16.8. The van der Waals surface area contributed by atoms with Crippen molar-refractivity contribution in [3.63, 3.8) is 0 Å². The molecule has 0 saturated carbocycles. The van der Waals surface area contributed by atoms with Gasteiger partial charge >= 0.3 is 5.97 Å². The Hall–Kier alpha value is -3.78. The molecule has 0 unspecified atom stereocenters. The molecule has 0 amide bonds. The summed E-state index contributed by atoms with van der Waals surface area (Å²) in [5.41, 5.74) is 4.04. The molecule has 2 aromatic heterocycles. The van der Waals surface area contributed by atoms with Crippen LogP contribution in [0.25, 0.3) is 11.4 Å². The number of aromatic nitrogens is 3. The molecule has 0 spiro atoms. The Bertz CT molecular complexity index is 1480. The first kappa shape index (κ1) is 24.3. The maximum absolute atomic E-state index is 13.5. The fourth-order valence-electron chi connectivity index (χ4n) is 4.30. The number of thioether (sulfide) groups is 1. The number of benzene rings is 2. The molecule has 2 aromatic carbocycles. The zero-order valence-electron chi connectivity index (χ0n) is 20.4. The standard InChI is InChI=1S/C27H27N3O4S/c1-17-15-22(23(31)16-34-27(33)21-13-9-10-14-24(21)35-5)18(2)29(17)25-19(3)28(4)30(26(25)32)20-11-7-6-8-12-20/h6-15H,16H2,1-5H3. The molecule has 0 saturated heterocycles. The summed E-state index contributed by atoms with van der Waals surface area (Å²) < 4.78 is 10.6. The lowest BCUT2D eigenvalue weighted by Gasteiger charge is -2.09. The first-order valence-corrected chi connectivity index (χ1v) is 12.4. The second-order valence-electron chi connectivity index (χ2n) is 8.23. The third-order valence-electron chi connectivity index (χ3n) is 6.14. The van der Waals surface area contributed by atoms with Crippen LogP contribution in [0.1, 0.15) is 37.8 Å². The fourth-order valence-corrected chi connectivity index (χ4v) is 4.89. The van der Waals surface area contributed by atoms with Crippen molar-refractivity contribution in [2.45, 2.75) is 25.7 Å². The second kappa shape index (κ2) is 9.84. The van der Waals surface area contributed by atoms with Gasteiger partial charge in [0.15, 0.2) is 6.61 Å². The molecule has 0 aliphatic heterocycles. The van der Waals surface area contributed by atoms with Crippen LogP contribution in [-0.4, -0.2) is 38.5 Å². The van der Waals surface area contributed by atoms with Gasteiger partial charge in [-0.2, -0.15) is 0 Å². The normalized spacial score (nSPS) is 11.0. The highest BCUT2D eigenvalue weighted by atomic mass is 32.2. The highest BCUT2D eigenvalue weighted by molar-refractivity contribution is 7.98. The highest BCUT2D eigenvalue weighted by Gasteiger charge is 2.24. The van der Waals surface area contributed by atoms with E-state index in [4.69, 9.17) is 4.74 Å². The lowest BCUT2D eigenvalue weighted by atomic mass is 10.1. The van der Waals surface area contributed by atoms with Gasteiger partial charge in [0.2, 0.25) is 5.78 Å². The molecule has 4 aromatic rings. The maximum atomic E-state index is 13.5. The Morgan fingerprint density at radius 2 is 1.57 bits per heavy atom. The van der Waals surface area contributed by atoms with Crippen molar-refractivity contribution in [1.29, 1.82) is 0 Å². The van der Waals surface area contributed by atoms with Crippen molar-refractivity contribution in [3.05, 3.63) is 99.2 Å². The van der Waals surface area contributed by atoms with E-state index >= 15 is 0 Å². The van der Waals surface area contributed by atoms with Crippen molar-refractivity contribution in [2.24, 2.45) is 7.05 Å². The topological polar surface area (TPSA) is 75.2 Å². The van der Waals surface area contributed by atoms with E-state index in [1.807, 2.05) is 69.6 Å². The van der Waals surface area contributed by atoms with E-state index in [0.29, 0.717) is 22.5 Å². The summed E-state index contributed by atoms with van der Waals surface area (Å²) in [5.74, 6) is -0.863. The number of ketones is 1. The van der Waals surface area contributed by atoms with Crippen LogP contribution in [0.5, 0.6) is 0 Å². The van der Waals surface area contributed by atoms with E-state index in [1.165, 1.54) is 11.8 Å². The maximum Gasteiger partial charge on any atom is 0.339 e. The van der Waals surface area contributed by atoms with Crippen molar-refractivity contribution in [2.75, 3.05) is 12.9 Å². The summed E-state index contributed by atoms with van der Waals surface area (Å²) >= 11 is 1.44. The molecule has 0 radical (unpaired) electrons. The summed E-state index contributed by atoms with van der Waals surface area (Å²) in [6.07, 6.45) is 1.88. The Balaban J connectivity index is 1.65. The van der Waals surface area contributed by atoms with Crippen LogP contribution in [0.4, 0.5) is 0 Å². The van der Waals surface area contributed by atoms with Gasteiger partial charge in [-0.05, 0) is 57.4 Å². The summed E-state index contributed by atoms with van der Waals surface area (Å²) in [6.45, 7) is 5.14. The third-order valence-corrected chi connectivity index (χ3v) is 6.94. The van der Waals surface area contributed by atoms with E-state index in [1.54, 1.807) is 39.1 Å². The molecule has 4 rings (SSSR count). The van der Waals surface area contributed by atoms with Gasteiger partial charge in [-0.15, -0.1) is 11.8 Å². The number of hydrogen-bond acceptors (Lipinski definition) is 5. The third kappa shape index (κ3) is 4.37. The number of ether oxygens (including phenoxy) is 1. The minimum absolute atomic E-state index is 0.183. The molecule has 7 nitrogen and oxygen atoms in total. The molecule has 180 valence electrons. The number of rotatable bonds is 7. The number of para-hydroxylation sites is 1. The molecule has 0 fully saturated rings. The Morgan fingerprint density at radius 3 is 2.26 bits per heavy atom. The quantitative estimate of drug-likeness (QED) is 0.215. The van der Waals surface area contributed by atoms with Crippen LogP contribution in [0.2, 0.25) is 0 Å². The van der Waals surface area contributed by atoms with Gasteiger partial charge in [0.05, 0.1) is 16.9 Å². The van der Waals surface area contributed by atoms with Crippen molar-refractivity contribution in [1.82, 2.24) is 13.9 Å². The Kier molecular flexibility index (Phi) is 6.84. The average molecular weight is 490 g/mol. The molecule has 0 N–H and O–H groups in total. The van der Waals surface area contributed by atoms with Gasteiger partial charge < -0.3 is 9.30 Å². The zero-order valence-corrected chi connectivity index (χ0v) is 21.2. The van der Waals surface area contributed by atoms with Crippen LogP contribution in [0, 0.1) is 20.8 Å². The molecule has 0 aliphatic carbocycles. The Morgan fingerprint density at radius 1 is 0.914 bits per heavy atom. The lowest BCUT2D eigenvalue weighted by Crippen LogP contribution is -2.22. The summed E-state index contributed by atoms with van der Waals surface area (Å²) in [7, 11) is 1.83. The van der Waals surface area contributed by atoms with Crippen molar-refractivity contribution < 1.29 is 14.3 Å². The van der Waals surface area contributed by atoms with E-state index in [-0.39, 0.29) is 17.9 Å². The fraction of sp³-hybridized carbons (Fsp3) is 0.222. The molecule has 0 atom stereocenters. The van der Waals surface area contributed by atoms with Crippen molar-refractivity contribution >= 4 is 23.5 Å². The number of carbonyl (C=O) groups is 2. The monoisotopic (exact) mass is 489 g/mol. The van der Waals surface area contributed by atoms with Crippen LogP contribution in [-0.2, 0) is 11.8 Å². The minimum atomic E-state index is -0.540. The SMILES string of the molecule is CSc1ccccc1C(=O)OCC(=O)c1cc(C)n(-c2c(C)n(C)n(-c3ccccc3)c2=O)c1C. The summed E-state index contributed by atoms with van der Waals surface area (Å²) in [4.78, 5) is 39.9. The van der Waals surface area contributed by atoms with Gasteiger partial charge in [0.25, 0.3) is 5.56 Å². The van der Waals surface area contributed by atoms with Crippen LogP contribution in [0.3, 0.4) is 0 Å². The van der Waals surface area contributed by atoms with Crippen molar-refractivity contribution in [3.8, 4) is 11.4 Å². The number of nitrogens with zero attached hydrogens (tertiary/aromatic N) is 3. The number of carbonyl (C=O) groups excluding carboxylic acids is 2. The van der Waals surface area contributed by atoms with Gasteiger partial charge in [-0.1, -0.05) is 30.3 Å². The molecular weight excluding hydrogens is 462 g/mol. The second-order valence-corrected chi connectivity index (χ2v) is 9.08. The number of esters is 1. The minimum Gasteiger partial charge on any atom is -0.454 e. The van der Waals surface area contributed by atoms with Gasteiger partial charge in [0, 0.05) is 28.9 Å². The molecule has 8 heteroatoms. The summed E-state index contributed by atoms with van der Waals surface area (Å²) in [6, 6.07) is 18.3. The van der Waals surface area contributed by atoms with E-state index < -0.39 is 5.97 Å². The number of hydrogen-bond donors (Lipinski definition) is 0. The van der Waals surface area contributed by atoms with Crippen LogP contribution < -0.4 is 5.56 Å². The molecule has 0 aliphatic rings. The lowest BCUT2D eigenvalue weighted by molar-refractivity contribution is 0.0471. The molecule has 0 bridgehead atoms. The molecule has 35 heavy (non-hydrogen) atoms. The smallest absolute Gasteiger partial charge is 0.339 e. The molecular formula is C27H27N3O4S. The van der Waals surface area contributed by atoms with E-state index in [0.717, 1.165) is 22.0 Å². The first-order valence-electron chi connectivity index (χ1n) is 11.1.